The maximum absolute atomic E-state index is 13.4. The summed E-state index contributed by atoms with van der Waals surface area (Å²) >= 11 is 0. The number of nitrogens with one attached hydrogen (secondary N) is 1. The van der Waals surface area contributed by atoms with Crippen LogP contribution in [0.2, 0.25) is 0 Å². The van der Waals surface area contributed by atoms with Gasteiger partial charge in [0.2, 0.25) is 0 Å². The van der Waals surface area contributed by atoms with Crippen LogP contribution in [-0.4, -0.2) is 33.9 Å². The summed E-state index contributed by atoms with van der Waals surface area (Å²) in [5.41, 5.74) is -0.526. The van der Waals surface area contributed by atoms with Crippen molar-refractivity contribution in [1.82, 2.24) is 9.88 Å². The van der Waals surface area contributed by atoms with Crippen molar-refractivity contribution < 1.29 is 18.7 Å². The Balaban J connectivity index is 2.05. The van der Waals surface area contributed by atoms with Crippen LogP contribution < -0.4 is 5.56 Å². The summed E-state index contributed by atoms with van der Waals surface area (Å²) in [6, 6.07) is 3.72. The number of halogens is 1. The van der Waals surface area contributed by atoms with E-state index in [1.54, 1.807) is 20.8 Å². The molecule has 1 aromatic heterocycles. The molecule has 7 heteroatoms. The van der Waals surface area contributed by atoms with Crippen LogP contribution >= 0.6 is 0 Å². The highest BCUT2D eigenvalue weighted by Crippen LogP contribution is 2.25. The minimum absolute atomic E-state index is 0.0541. The standard InChI is InChI=1S/C17H17FN2O4/c1-17(2,3)24-16(23)20-7-12-14(13(21)8-20)10-5-4-9(18)6-11(10)15(22)19-12/h4-6H,7-8H2,1-3H3,(H,19,22). The summed E-state index contributed by atoms with van der Waals surface area (Å²) in [4.78, 5) is 40.7. The van der Waals surface area contributed by atoms with E-state index in [0.29, 0.717) is 16.6 Å². The van der Waals surface area contributed by atoms with E-state index in [2.05, 4.69) is 4.98 Å². The number of carbonyl (C=O) groups is 2. The zero-order chi connectivity index (χ0) is 17.6. The SMILES string of the molecule is CC(C)(C)OC(=O)N1CC(=O)c2c([nH]c(=O)c3cc(F)ccc23)C1. The maximum atomic E-state index is 13.4. The second kappa shape index (κ2) is 5.43. The normalized spacial score (nSPS) is 14.7. The van der Waals surface area contributed by atoms with Gasteiger partial charge in [0.05, 0.1) is 18.5 Å². The molecule has 0 bridgehead atoms. The van der Waals surface area contributed by atoms with Crippen LogP contribution in [0, 0.1) is 5.82 Å². The first kappa shape index (κ1) is 16.2. The molecule has 0 spiro atoms. The molecule has 126 valence electrons. The van der Waals surface area contributed by atoms with E-state index in [-0.39, 0.29) is 24.3 Å². The molecule has 0 unspecified atom stereocenters. The van der Waals surface area contributed by atoms with Crippen LogP contribution in [-0.2, 0) is 11.3 Å². The molecule has 1 N–H and O–H groups in total. The quantitative estimate of drug-likeness (QED) is 0.804. The van der Waals surface area contributed by atoms with Gasteiger partial charge >= 0.3 is 6.09 Å². The monoisotopic (exact) mass is 332 g/mol. The van der Waals surface area contributed by atoms with Gasteiger partial charge in [-0.2, -0.15) is 0 Å². The Kier molecular flexibility index (Phi) is 3.66. The van der Waals surface area contributed by atoms with Crippen molar-refractivity contribution in [3.8, 4) is 0 Å². The lowest BCUT2D eigenvalue weighted by Crippen LogP contribution is -2.43. The molecule has 2 heterocycles. The first-order valence-electron chi connectivity index (χ1n) is 7.51. The van der Waals surface area contributed by atoms with Crippen molar-refractivity contribution in [1.29, 1.82) is 0 Å². The smallest absolute Gasteiger partial charge is 0.411 e. The first-order chi connectivity index (χ1) is 11.2. The van der Waals surface area contributed by atoms with E-state index in [4.69, 9.17) is 4.74 Å². The summed E-state index contributed by atoms with van der Waals surface area (Å²) in [5.74, 6) is -0.874. The van der Waals surface area contributed by atoms with Gasteiger partial charge < -0.3 is 9.72 Å². The molecule has 1 aliphatic rings. The maximum Gasteiger partial charge on any atom is 0.411 e. The number of nitrogens with zero attached hydrogens (tertiary/aromatic N) is 1. The van der Waals surface area contributed by atoms with E-state index in [1.165, 1.54) is 17.0 Å². The summed E-state index contributed by atoms with van der Waals surface area (Å²) in [7, 11) is 0. The van der Waals surface area contributed by atoms with Crippen LogP contribution in [0.4, 0.5) is 9.18 Å². The molecule has 0 radical (unpaired) electrons. The molecule has 0 aliphatic carbocycles. The number of H-pyrrole nitrogens is 1. The third kappa shape index (κ3) is 2.89. The van der Waals surface area contributed by atoms with Gasteiger partial charge in [-0.3, -0.25) is 14.5 Å². The number of ether oxygens (including phenoxy) is 1. The molecule has 6 nitrogen and oxygen atoms in total. The zero-order valence-corrected chi connectivity index (χ0v) is 13.6. The summed E-state index contributed by atoms with van der Waals surface area (Å²) in [6.45, 7) is 5.09. The van der Waals surface area contributed by atoms with Gasteiger partial charge in [0.25, 0.3) is 5.56 Å². The Morgan fingerprint density at radius 3 is 2.58 bits per heavy atom. The Bertz CT molecular complexity index is 911. The number of ketones is 1. The number of aromatic amines is 1. The molecule has 0 saturated heterocycles. The van der Waals surface area contributed by atoms with Crippen molar-refractivity contribution >= 4 is 22.6 Å². The number of hydrogen-bond donors (Lipinski definition) is 1. The molecular formula is C17H17FN2O4. The minimum atomic E-state index is -0.686. The molecule has 1 amide bonds. The van der Waals surface area contributed by atoms with Gasteiger partial charge in [0, 0.05) is 16.6 Å². The second-order valence-corrected chi connectivity index (χ2v) is 6.76. The van der Waals surface area contributed by atoms with E-state index < -0.39 is 23.1 Å². The number of amides is 1. The lowest BCUT2D eigenvalue weighted by Gasteiger charge is -2.30. The van der Waals surface area contributed by atoms with Gasteiger partial charge in [-0.15, -0.1) is 0 Å². The van der Waals surface area contributed by atoms with Gasteiger partial charge in [0.15, 0.2) is 5.78 Å². The molecule has 24 heavy (non-hydrogen) atoms. The molecule has 1 aliphatic heterocycles. The predicted molar refractivity (Wildman–Crippen MR) is 85.5 cm³/mol. The highest BCUT2D eigenvalue weighted by molar-refractivity contribution is 6.11. The lowest BCUT2D eigenvalue weighted by atomic mass is 9.97. The van der Waals surface area contributed by atoms with Crippen molar-refractivity contribution in [2.24, 2.45) is 0 Å². The fourth-order valence-corrected chi connectivity index (χ4v) is 2.74. The Morgan fingerprint density at radius 1 is 1.21 bits per heavy atom. The highest BCUT2D eigenvalue weighted by atomic mass is 19.1. The fraction of sp³-hybridized carbons (Fsp3) is 0.353. The first-order valence-corrected chi connectivity index (χ1v) is 7.51. The van der Waals surface area contributed by atoms with E-state index in [9.17, 15) is 18.8 Å². The van der Waals surface area contributed by atoms with Crippen LogP contribution in [0.5, 0.6) is 0 Å². The topological polar surface area (TPSA) is 79.5 Å². The number of hydrogen-bond acceptors (Lipinski definition) is 4. The number of rotatable bonds is 0. The van der Waals surface area contributed by atoms with E-state index in [0.717, 1.165) is 6.07 Å². The van der Waals surface area contributed by atoms with Crippen LogP contribution in [0.3, 0.4) is 0 Å². The number of aromatic nitrogens is 1. The average molecular weight is 332 g/mol. The van der Waals surface area contributed by atoms with Crippen molar-refractivity contribution in [2.75, 3.05) is 6.54 Å². The third-order valence-electron chi connectivity index (χ3n) is 3.68. The third-order valence-corrected chi connectivity index (χ3v) is 3.68. The fourth-order valence-electron chi connectivity index (χ4n) is 2.74. The van der Waals surface area contributed by atoms with E-state index >= 15 is 0 Å². The Hall–Kier alpha value is -2.70. The summed E-state index contributed by atoms with van der Waals surface area (Å²) < 4.78 is 18.6. The van der Waals surface area contributed by atoms with Crippen LogP contribution in [0.1, 0.15) is 36.8 Å². The number of benzene rings is 1. The Labute approximate surface area is 137 Å². The molecule has 0 saturated carbocycles. The summed E-state index contributed by atoms with van der Waals surface area (Å²) in [5, 5.41) is 0.511. The van der Waals surface area contributed by atoms with Crippen molar-refractivity contribution in [2.45, 2.75) is 32.9 Å². The molecule has 2 aromatic rings. The van der Waals surface area contributed by atoms with Crippen LogP contribution in [0.15, 0.2) is 23.0 Å². The summed E-state index contributed by atoms with van der Waals surface area (Å²) in [6.07, 6.45) is -0.624. The van der Waals surface area contributed by atoms with Gasteiger partial charge in [-0.05, 0) is 32.9 Å². The van der Waals surface area contributed by atoms with Gasteiger partial charge in [0.1, 0.15) is 11.4 Å². The predicted octanol–water partition coefficient (Wildman–Crippen LogP) is 2.60. The second-order valence-electron chi connectivity index (χ2n) is 6.76. The van der Waals surface area contributed by atoms with Crippen molar-refractivity contribution in [3.63, 3.8) is 0 Å². The lowest BCUT2D eigenvalue weighted by molar-refractivity contribution is 0.0217. The average Bonchev–Trinajstić information content (AvgIpc) is 2.45. The molecule has 1 aromatic carbocycles. The number of Topliss-reactive ketones (excluding diaryl/α,β-unsaturated/α-hetero) is 1. The molecule has 0 fully saturated rings. The number of fused-ring (bicyclic) bond motifs is 3. The van der Waals surface area contributed by atoms with Gasteiger partial charge in [-0.1, -0.05) is 6.07 Å². The Morgan fingerprint density at radius 2 is 1.92 bits per heavy atom. The van der Waals surface area contributed by atoms with Gasteiger partial charge in [-0.25, -0.2) is 9.18 Å². The molecule has 3 rings (SSSR count). The number of carbonyl (C=O) groups excluding carboxylic acids is 2. The van der Waals surface area contributed by atoms with Crippen molar-refractivity contribution in [3.05, 3.63) is 45.6 Å². The largest absolute Gasteiger partial charge is 0.444 e. The number of pyridine rings is 1. The van der Waals surface area contributed by atoms with E-state index in [1.807, 2.05) is 0 Å². The minimum Gasteiger partial charge on any atom is -0.444 e. The molecular weight excluding hydrogens is 315 g/mol. The zero-order valence-electron chi connectivity index (χ0n) is 13.6. The highest BCUT2D eigenvalue weighted by Gasteiger charge is 2.31. The van der Waals surface area contributed by atoms with Crippen LogP contribution in [0.25, 0.3) is 10.8 Å². The molecule has 0 atom stereocenters.